The van der Waals surface area contributed by atoms with Gasteiger partial charge >= 0.3 is 11.9 Å². The molecule has 0 spiro atoms. The highest BCUT2D eigenvalue weighted by Crippen LogP contribution is 2.29. The molecular formula is C12H22O4. The lowest BCUT2D eigenvalue weighted by molar-refractivity contribution is -0.162. The van der Waals surface area contributed by atoms with Crippen LogP contribution in [0.4, 0.5) is 0 Å². The maximum Gasteiger partial charge on any atom is 0.302 e. The third-order valence-corrected chi connectivity index (χ3v) is 2.32. The normalized spacial score (nSPS) is 13.4. The van der Waals surface area contributed by atoms with E-state index in [0.717, 1.165) is 0 Å². The van der Waals surface area contributed by atoms with E-state index in [0.29, 0.717) is 0 Å². The highest BCUT2D eigenvalue weighted by atomic mass is 16.6. The molecular weight excluding hydrogens is 208 g/mol. The topological polar surface area (TPSA) is 52.6 Å². The van der Waals surface area contributed by atoms with Gasteiger partial charge in [0, 0.05) is 19.3 Å². The molecule has 16 heavy (non-hydrogen) atoms. The SMILES string of the molecule is CC(=O)OCC(C)(C)[C@H](OC(C)=O)C(C)C. The zero-order valence-corrected chi connectivity index (χ0v) is 11.0. The largest absolute Gasteiger partial charge is 0.465 e. The molecule has 0 aliphatic heterocycles. The third kappa shape index (κ3) is 5.14. The summed E-state index contributed by atoms with van der Waals surface area (Å²) in [6, 6.07) is 0. The number of hydrogen-bond acceptors (Lipinski definition) is 4. The summed E-state index contributed by atoms with van der Waals surface area (Å²) in [5.74, 6) is -0.456. The van der Waals surface area contributed by atoms with Crippen LogP contribution in [0.15, 0.2) is 0 Å². The van der Waals surface area contributed by atoms with Gasteiger partial charge in [-0.05, 0) is 5.92 Å². The molecule has 94 valence electrons. The first-order valence-electron chi connectivity index (χ1n) is 5.47. The minimum absolute atomic E-state index is 0.175. The van der Waals surface area contributed by atoms with E-state index < -0.39 is 0 Å². The van der Waals surface area contributed by atoms with E-state index in [4.69, 9.17) is 9.47 Å². The quantitative estimate of drug-likeness (QED) is 0.679. The lowest BCUT2D eigenvalue weighted by Crippen LogP contribution is -2.41. The van der Waals surface area contributed by atoms with E-state index in [9.17, 15) is 9.59 Å². The Bertz CT molecular complexity index is 256. The molecule has 0 bridgehead atoms. The van der Waals surface area contributed by atoms with Crippen molar-refractivity contribution in [2.24, 2.45) is 11.3 Å². The fourth-order valence-corrected chi connectivity index (χ4v) is 1.75. The van der Waals surface area contributed by atoms with Crippen molar-refractivity contribution in [2.75, 3.05) is 6.61 Å². The van der Waals surface area contributed by atoms with Crippen molar-refractivity contribution in [2.45, 2.75) is 47.6 Å². The molecule has 0 aliphatic carbocycles. The van der Waals surface area contributed by atoms with Crippen molar-refractivity contribution in [3.8, 4) is 0 Å². The van der Waals surface area contributed by atoms with E-state index in [1.165, 1.54) is 13.8 Å². The molecule has 1 atom stereocenters. The average Bonchev–Trinajstić information content (AvgIpc) is 2.10. The Morgan fingerprint density at radius 3 is 1.94 bits per heavy atom. The number of rotatable bonds is 5. The zero-order chi connectivity index (χ0) is 12.9. The number of esters is 2. The fraction of sp³-hybridized carbons (Fsp3) is 0.833. The van der Waals surface area contributed by atoms with Gasteiger partial charge in [0.25, 0.3) is 0 Å². The molecule has 0 heterocycles. The monoisotopic (exact) mass is 230 g/mol. The van der Waals surface area contributed by atoms with Crippen molar-refractivity contribution < 1.29 is 19.1 Å². The standard InChI is InChI=1S/C12H22O4/c1-8(2)11(16-10(4)14)12(5,6)7-15-9(3)13/h8,11H,7H2,1-6H3/t11-/m1/s1. The lowest BCUT2D eigenvalue weighted by atomic mass is 9.81. The second-order valence-corrected chi connectivity index (χ2v) is 5.04. The molecule has 0 rings (SSSR count). The van der Waals surface area contributed by atoms with Crippen molar-refractivity contribution >= 4 is 11.9 Å². The number of hydrogen-bond donors (Lipinski definition) is 0. The molecule has 0 aromatic rings. The van der Waals surface area contributed by atoms with Gasteiger partial charge in [-0.2, -0.15) is 0 Å². The summed E-state index contributed by atoms with van der Waals surface area (Å²) < 4.78 is 10.3. The minimum Gasteiger partial charge on any atom is -0.465 e. The highest BCUT2D eigenvalue weighted by molar-refractivity contribution is 5.66. The van der Waals surface area contributed by atoms with Crippen LogP contribution in [0.1, 0.15) is 41.5 Å². The molecule has 0 saturated heterocycles. The molecule has 0 radical (unpaired) electrons. The van der Waals surface area contributed by atoms with Crippen molar-refractivity contribution in [1.82, 2.24) is 0 Å². The van der Waals surface area contributed by atoms with Gasteiger partial charge in [0.1, 0.15) is 6.10 Å². The summed E-state index contributed by atoms with van der Waals surface area (Å²) in [7, 11) is 0. The van der Waals surface area contributed by atoms with Crippen LogP contribution in [0.25, 0.3) is 0 Å². The number of carbonyl (C=O) groups is 2. The molecule has 0 amide bonds. The molecule has 0 fully saturated rings. The summed E-state index contributed by atoms with van der Waals surface area (Å²) in [6.45, 7) is 10.8. The van der Waals surface area contributed by atoms with Gasteiger partial charge in [-0.1, -0.05) is 27.7 Å². The summed E-state index contributed by atoms with van der Waals surface area (Å²) in [6.07, 6.45) is -0.260. The van der Waals surface area contributed by atoms with Crippen LogP contribution in [0.2, 0.25) is 0 Å². The molecule has 0 saturated carbocycles. The smallest absolute Gasteiger partial charge is 0.302 e. The van der Waals surface area contributed by atoms with Crippen molar-refractivity contribution in [3.05, 3.63) is 0 Å². The Kier molecular flexibility index (Phi) is 5.48. The van der Waals surface area contributed by atoms with E-state index >= 15 is 0 Å². The minimum atomic E-state index is -0.383. The van der Waals surface area contributed by atoms with E-state index in [1.54, 1.807) is 0 Å². The lowest BCUT2D eigenvalue weighted by Gasteiger charge is -2.35. The summed E-state index contributed by atoms with van der Waals surface area (Å²) in [5.41, 5.74) is -0.383. The van der Waals surface area contributed by atoms with Crippen LogP contribution >= 0.6 is 0 Å². The Labute approximate surface area is 97.3 Å². The molecule has 0 aromatic carbocycles. The maximum absolute atomic E-state index is 11.0. The van der Waals surface area contributed by atoms with Crippen molar-refractivity contribution in [3.63, 3.8) is 0 Å². The van der Waals surface area contributed by atoms with Crippen LogP contribution in [0.5, 0.6) is 0 Å². The Morgan fingerprint density at radius 2 is 1.62 bits per heavy atom. The van der Waals surface area contributed by atoms with Crippen LogP contribution in [0.3, 0.4) is 0 Å². The molecule has 0 aliphatic rings. The van der Waals surface area contributed by atoms with Gasteiger partial charge in [-0.15, -0.1) is 0 Å². The van der Waals surface area contributed by atoms with Gasteiger partial charge < -0.3 is 9.47 Å². The van der Waals surface area contributed by atoms with E-state index in [1.807, 2.05) is 27.7 Å². The first-order chi connectivity index (χ1) is 7.16. The second kappa shape index (κ2) is 5.87. The van der Waals surface area contributed by atoms with Gasteiger partial charge in [0.05, 0.1) is 6.61 Å². The zero-order valence-electron chi connectivity index (χ0n) is 11.0. The number of ether oxygens (including phenoxy) is 2. The molecule has 0 N–H and O–H groups in total. The van der Waals surface area contributed by atoms with Crippen LogP contribution < -0.4 is 0 Å². The van der Waals surface area contributed by atoms with E-state index in [-0.39, 0.29) is 36.0 Å². The first-order valence-corrected chi connectivity index (χ1v) is 5.47. The molecule has 0 aromatic heterocycles. The molecule has 0 unspecified atom stereocenters. The van der Waals surface area contributed by atoms with E-state index in [2.05, 4.69) is 0 Å². The summed E-state index contributed by atoms with van der Waals surface area (Å²) >= 11 is 0. The van der Waals surface area contributed by atoms with Crippen LogP contribution in [-0.4, -0.2) is 24.6 Å². The van der Waals surface area contributed by atoms with Gasteiger partial charge in [0.15, 0.2) is 0 Å². The van der Waals surface area contributed by atoms with Gasteiger partial charge in [0.2, 0.25) is 0 Å². The van der Waals surface area contributed by atoms with Gasteiger partial charge in [-0.25, -0.2) is 0 Å². The summed E-state index contributed by atoms with van der Waals surface area (Å²) in [4.78, 5) is 21.8. The highest BCUT2D eigenvalue weighted by Gasteiger charge is 2.35. The Morgan fingerprint density at radius 1 is 1.12 bits per heavy atom. The number of carbonyl (C=O) groups excluding carboxylic acids is 2. The molecule has 4 heteroatoms. The Hall–Kier alpha value is -1.06. The molecule has 4 nitrogen and oxygen atoms in total. The second-order valence-electron chi connectivity index (χ2n) is 5.04. The first kappa shape index (κ1) is 14.9. The third-order valence-electron chi connectivity index (χ3n) is 2.32. The van der Waals surface area contributed by atoms with Crippen molar-refractivity contribution in [1.29, 1.82) is 0 Å². The van der Waals surface area contributed by atoms with Crippen LogP contribution in [-0.2, 0) is 19.1 Å². The van der Waals surface area contributed by atoms with Gasteiger partial charge in [-0.3, -0.25) is 9.59 Å². The predicted molar refractivity (Wildman–Crippen MR) is 60.8 cm³/mol. The summed E-state index contributed by atoms with van der Waals surface area (Å²) in [5, 5.41) is 0. The van der Waals surface area contributed by atoms with Crippen LogP contribution in [0, 0.1) is 11.3 Å². The Balaban J connectivity index is 4.61. The fourth-order valence-electron chi connectivity index (χ4n) is 1.75. The maximum atomic E-state index is 11.0. The average molecular weight is 230 g/mol. The predicted octanol–water partition coefficient (Wildman–Crippen LogP) is 2.16.